The summed E-state index contributed by atoms with van der Waals surface area (Å²) in [7, 11) is 1.83. The van der Waals surface area contributed by atoms with Crippen molar-refractivity contribution in [2.45, 2.75) is 11.3 Å². The molecule has 2 rings (SSSR count). The van der Waals surface area contributed by atoms with E-state index in [0.29, 0.717) is 29.2 Å². The SMILES string of the molecule is Cn1cnc(NC(=O)CCSc2ccc(C(N)=O)c(N)c2)c1. The molecule has 1 aromatic carbocycles. The van der Waals surface area contributed by atoms with Crippen LogP contribution in [0.4, 0.5) is 11.5 Å². The van der Waals surface area contributed by atoms with Gasteiger partial charge in [-0.05, 0) is 18.2 Å². The topological polar surface area (TPSA) is 116 Å². The summed E-state index contributed by atoms with van der Waals surface area (Å²) < 4.78 is 1.76. The summed E-state index contributed by atoms with van der Waals surface area (Å²) in [5, 5.41) is 2.71. The molecule has 0 saturated carbocycles. The van der Waals surface area contributed by atoms with Crippen LogP contribution in [0.2, 0.25) is 0 Å². The van der Waals surface area contributed by atoms with E-state index < -0.39 is 5.91 Å². The van der Waals surface area contributed by atoms with Crippen LogP contribution >= 0.6 is 11.8 Å². The molecule has 0 aliphatic rings. The molecule has 1 aromatic heterocycles. The number of anilines is 2. The molecule has 1 heterocycles. The van der Waals surface area contributed by atoms with E-state index in [-0.39, 0.29) is 5.91 Å². The van der Waals surface area contributed by atoms with E-state index >= 15 is 0 Å². The lowest BCUT2D eigenvalue weighted by Crippen LogP contribution is -2.13. The summed E-state index contributed by atoms with van der Waals surface area (Å²) in [6.07, 6.45) is 3.69. The average Bonchev–Trinajstić information content (AvgIpc) is 2.83. The number of aryl methyl sites for hydroxylation is 1. The number of nitrogen functional groups attached to an aromatic ring is 1. The first-order valence-corrected chi connectivity index (χ1v) is 7.54. The predicted octanol–water partition coefficient (Wildman–Crippen LogP) is 1.22. The fourth-order valence-corrected chi connectivity index (χ4v) is 2.70. The predicted molar refractivity (Wildman–Crippen MR) is 86.6 cm³/mol. The van der Waals surface area contributed by atoms with E-state index in [4.69, 9.17) is 11.5 Å². The van der Waals surface area contributed by atoms with Crippen molar-refractivity contribution in [1.29, 1.82) is 0 Å². The van der Waals surface area contributed by atoms with Gasteiger partial charge in [0.2, 0.25) is 5.91 Å². The van der Waals surface area contributed by atoms with Crippen LogP contribution in [-0.2, 0) is 11.8 Å². The number of nitrogens with zero attached hydrogens (tertiary/aromatic N) is 2. The Balaban J connectivity index is 1.82. The molecule has 2 aromatic rings. The van der Waals surface area contributed by atoms with Crippen molar-refractivity contribution in [3.8, 4) is 0 Å². The number of hydrogen-bond acceptors (Lipinski definition) is 5. The molecule has 0 spiro atoms. The Hall–Kier alpha value is -2.48. The average molecular weight is 319 g/mol. The Morgan fingerprint density at radius 3 is 2.77 bits per heavy atom. The van der Waals surface area contributed by atoms with Crippen LogP contribution in [-0.4, -0.2) is 27.1 Å². The molecule has 8 heteroatoms. The molecule has 2 amide bonds. The van der Waals surface area contributed by atoms with Crippen LogP contribution in [0.15, 0.2) is 35.6 Å². The summed E-state index contributed by atoms with van der Waals surface area (Å²) in [4.78, 5) is 27.8. The van der Waals surface area contributed by atoms with Crippen LogP contribution < -0.4 is 16.8 Å². The van der Waals surface area contributed by atoms with Gasteiger partial charge in [0.15, 0.2) is 5.82 Å². The highest BCUT2D eigenvalue weighted by Crippen LogP contribution is 2.23. The molecule has 0 atom stereocenters. The number of amides is 2. The zero-order valence-electron chi connectivity index (χ0n) is 12.1. The number of hydrogen-bond donors (Lipinski definition) is 3. The maximum absolute atomic E-state index is 11.8. The third-order valence-electron chi connectivity index (χ3n) is 2.86. The molecule has 0 unspecified atom stereocenters. The van der Waals surface area contributed by atoms with Crippen molar-refractivity contribution < 1.29 is 9.59 Å². The summed E-state index contributed by atoms with van der Waals surface area (Å²) in [5.74, 6) is 0.470. The first-order valence-electron chi connectivity index (χ1n) is 6.55. The first-order chi connectivity index (χ1) is 10.5. The summed E-state index contributed by atoms with van der Waals surface area (Å²) in [5.41, 5.74) is 11.6. The quantitative estimate of drug-likeness (QED) is 0.547. The van der Waals surface area contributed by atoms with Gasteiger partial charge >= 0.3 is 0 Å². The zero-order chi connectivity index (χ0) is 16.1. The first kappa shape index (κ1) is 15.9. The van der Waals surface area contributed by atoms with Gasteiger partial charge in [0, 0.05) is 36.0 Å². The number of rotatable bonds is 6. The van der Waals surface area contributed by atoms with E-state index in [1.165, 1.54) is 11.8 Å². The molecular formula is C14H17N5O2S. The van der Waals surface area contributed by atoms with Gasteiger partial charge in [-0.2, -0.15) is 0 Å². The van der Waals surface area contributed by atoms with Crippen molar-refractivity contribution in [2.75, 3.05) is 16.8 Å². The Labute approximate surface area is 132 Å². The number of nitrogens with one attached hydrogen (secondary N) is 1. The Morgan fingerprint density at radius 1 is 1.41 bits per heavy atom. The molecule has 116 valence electrons. The number of carbonyl (C=O) groups excluding carboxylic acids is 2. The smallest absolute Gasteiger partial charge is 0.250 e. The number of nitrogens with two attached hydrogens (primary N) is 2. The molecule has 5 N–H and O–H groups in total. The summed E-state index contributed by atoms with van der Waals surface area (Å²) in [6, 6.07) is 5.03. The Bertz CT molecular complexity index is 698. The molecule has 0 aliphatic heterocycles. The van der Waals surface area contributed by atoms with E-state index in [2.05, 4.69) is 10.3 Å². The normalized spacial score (nSPS) is 10.4. The van der Waals surface area contributed by atoms with E-state index in [9.17, 15) is 9.59 Å². The van der Waals surface area contributed by atoms with Gasteiger partial charge in [-0.15, -0.1) is 11.8 Å². The van der Waals surface area contributed by atoms with Gasteiger partial charge in [0.25, 0.3) is 5.91 Å². The molecule has 0 aliphatic carbocycles. The van der Waals surface area contributed by atoms with Gasteiger partial charge < -0.3 is 21.4 Å². The lowest BCUT2D eigenvalue weighted by Gasteiger charge is -2.06. The van der Waals surface area contributed by atoms with Crippen LogP contribution in [0.25, 0.3) is 0 Å². The Morgan fingerprint density at radius 2 is 2.18 bits per heavy atom. The van der Waals surface area contributed by atoms with E-state index in [1.54, 1.807) is 35.3 Å². The maximum atomic E-state index is 11.8. The molecule has 0 saturated heterocycles. The van der Waals surface area contributed by atoms with E-state index in [1.807, 2.05) is 7.05 Å². The van der Waals surface area contributed by atoms with Gasteiger partial charge in [0.05, 0.1) is 11.9 Å². The van der Waals surface area contributed by atoms with E-state index in [0.717, 1.165) is 4.90 Å². The molecule has 0 radical (unpaired) electrons. The van der Waals surface area contributed by atoms with Gasteiger partial charge in [0.1, 0.15) is 0 Å². The van der Waals surface area contributed by atoms with Crippen molar-refractivity contribution >= 4 is 35.1 Å². The van der Waals surface area contributed by atoms with Crippen LogP contribution in [0, 0.1) is 0 Å². The minimum atomic E-state index is -0.552. The highest BCUT2D eigenvalue weighted by atomic mass is 32.2. The number of thioether (sulfide) groups is 1. The van der Waals surface area contributed by atoms with Crippen molar-refractivity contribution in [1.82, 2.24) is 9.55 Å². The second kappa shape index (κ2) is 6.99. The highest BCUT2D eigenvalue weighted by molar-refractivity contribution is 7.99. The second-order valence-electron chi connectivity index (χ2n) is 4.68. The Kier molecular flexibility index (Phi) is 5.05. The largest absolute Gasteiger partial charge is 0.398 e. The number of carbonyl (C=O) groups is 2. The lowest BCUT2D eigenvalue weighted by atomic mass is 10.2. The van der Waals surface area contributed by atoms with Gasteiger partial charge in [-0.3, -0.25) is 9.59 Å². The number of primary amides is 1. The number of aromatic nitrogens is 2. The van der Waals surface area contributed by atoms with Crippen LogP contribution in [0.3, 0.4) is 0 Å². The fraction of sp³-hybridized carbons (Fsp3) is 0.214. The molecule has 22 heavy (non-hydrogen) atoms. The second-order valence-corrected chi connectivity index (χ2v) is 5.85. The lowest BCUT2D eigenvalue weighted by molar-refractivity contribution is -0.115. The third kappa shape index (κ3) is 4.26. The molecule has 0 bridgehead atoms. The van der Waals surface area contributed by atoms with Crippen molar-refractivity contribution in [3.63, 3.8) is 0 Å². The zero-order valence-corrected chi connectivity index (χ0v) is 12.9. The third-order valence-corrected chi connectivity index (χ3v) is 3.85. The number of benzene rings is 1. The molecule has 7 nitrogen and oxygen atoms in total. The summed E-state index contributed by atoms with van der Waals surface area (Å²) in [6.45, 7) is 0. The monoisotopic (exact) mass is 319 g/mol. The molecule has 0 fully saturated rings. The minimum Gasteiger partial charge on any atom is -0.398 e. The molecular weight excluding hydrogens is 302 g/mol. The number of imidazole rings is 1. The van der Waals surface area contributed by atoms with Gasteiger partial charge in [-0.1, -0.05) is 0 Å². The minimum absolute atomic E-state index is 0.104. The standard InChI is InChI=1S/C14H17N5O2S/c1-19-7-12(17-8-19)18-13(20)4-5-22-9-2-3-10(14(16)21)11(15)6-9/h2-3,6-8H,4-5,15H2,1H3,(H2,16,21)(H,18,20). The fourth-order valence-electron chi connectivity index (χ4n) is 1.80. The van der Waals surface area contributed by atoms with Crippen molar-refractivity contribution in [2.24, 2.45) is 12.8 Å². The van der Waals surface area contributed by atoms with Gasteiger partial charge in [-0.25, -0.2) is 4.98 Å². The highest BCUT2D eigenvalue weighted by Gasteiger charge is 2.08. The van der Waals surface area contributed by atoms with Crippen LogP contribution in [0.1, 0.15) is 16.8 Å². The van der Waals surface area contributed by atoms with Crippen molar-refractivity contribution in [3.05, 3.63) is 36.3 Å². The maximum Gasteiger partial charge on any atom is 0.250 e. The summed E-state index contributed by atoms with van der Waals surface area (Å²) >= 11 is 1.48. The van der Waals surface area contributed by atoms with Crippen LogP contribution in [0.5, 0.6) is 0 Å².